The Morgan fingerprint density at radius 2 is 2.19 bits per heavy atom. The molecule has 2 amide bonds. The van der Waals surface area contributed by atoms with E-state index in [0.29, 0.717) is 30.1 Å². The molecule has 0 saturated heterocycles. The molecule has 5 nitrogen and oxygen atoms in total. The minimum atomic E-state index is -0.155. The maximum Gasteiger partial charge on any atom is 0.270 e. The van der Waals surface area contributed by atoms with E-state index in [1.165, 1.54) is 0 Å². The van der Waals surface area contributed by atoms with Gasteiger partial charge >= 0.3 is 0 Å². The number of hydrogen-bond donors (Lipinski definition) is 1. The minimum Gasteiger partial charge on any atom is -0.331 e. The maximum atomic E-state index is 12.5. The molecule has 1 heterocycles. The van der Waals surface area contributed by atoms with Crippen molar-refractivity contribution >= 4 is 29.1 Å². The van der Waals surface area contributed by atoms with Gasteiger partial charge in [0.2, 0.25) is 5.91 Å². The van der Waals surface area contributed by atoms with Gasteiger partial charge in [-0.3, -0.25) is 9.59 Å². The summed E-state index contributed by atoms with van der Waals surface area (Å²) in [6, 6.07) is 7.46. The Bertz CT molecular complexity index is 584. The van der Waals surface area contributed by atoms with Crippen LogP contribution in [0, 0.1) is 0 Å². The molecule has 0 aromatic heterocycles. The van der Waals surface area contributed by atoms with Crippen molar-refractivity contribution in [3.63, 3.8) is 0 Å². The lowest BCUT2D eigenvalue weighted by atomic mass is 10.1. The standard InChI is InChI=1S/C15H18ClN3O2/c1-10(2)19(9-11-4-3-5-12(16)8-11)15(21)13-6-7-14(20)18-17-13/h3-5,8,10H,6-7,9H2,1-2H3,(H,18,20). The largest absolute Gasteiger partial charge is 0.331 e. The van der Waals surface area contributed by atoms with Crippen LogP contribution >= 0.6 is 11.6 Å². The van der Waals surface area contributed by atoms with Gasteiger partial charge in [0.05, 0.1) is 0 Å². The van der Waals surface area contributed by atoms with Gasteiger partial charge < -0.3 is 4.90 Å². The zero-order valence-corrected chi connectivity index (χ0v) is 12.9. The van der Waals surface area contributed by atoms with E-state index >= 15 is 0 Å². The third kappa shape index (κ3) is 4.04. The third-order valence-corrected chi connectivity index (χ3v) is 3.51. The SMILES string of the molecule is CC(C)N(Cc1cccc(Cl)c1)C(=O)C1=NNC(=O)CC1. The monoisotopic (exact) mass is 307 g/mol. The van der Waals surface area contributed by atoms with Gasteiger partial charge in [-0.05, 0) is 31.5 Å². The van der Waals surface area contributed by atoms with E-state index in [9.17, 15) is 9.59 Å². The molecule has 1 aliphatic rings. The molecule has 0 unspecified atom stereocenters. The molecule has 0 atom stereocenters. The van der Waals surface area contributed by atoms with Gasteiger partial charge in [0, 0.05) is 30.5 Å². The molecular formula is C15H18ClN3O2. The molecule has 2 rings (SSSR count). The van der Waals surface area contributed by atoms with Crippen LogP contribution in [-0.2, 0) is 16.1 Å². The van der Waals surface area contributed by atoms with Crippen LogP contribution in [0.2, 0.25) is 5.02 Å². The van der Waals surface area contributed by atoms with E-state index in [-0.39, 0.29) is 17.9 Å². The number of rotatable bonds is 4. The fourth-order valence-corrected chi connectivity index (χ4v) is 2.33. The lowest BCUT2D eigenvalue weighted by molar-refractivity contribution is -0.126. The van der Waals surface area contributed by atoms with Crippen LogP contribution < -0.4 is 5.43 Å². The Morgan fingerprint density at radius 3 is 2.76 bits per heavy atom. The number of carbonyl (C=O) groups excluding carboxylic acids is 2. The van der Waals surface area contributed by atoms with Crippen molar-refractivity contribution in [2.24, 2.45) is 5.10 Å². The summed E-state index contributed by atoms with van der Waals surface area (Å²) >= 11 is 5.98. The smallest absolute Gasteiger partial charge is 0.270 e. The van der Waals surface area contributed by atoms with Crippen LogP contribution in [-0.4, -0.2) is 28.5 Å². The Kier molecular flexibility index (Phi) is 4.96. The first kappa shape index (κ1) is 15.5. The van der Waals surface area contributed by atoms with E-state index in [1.54, 1.807) is 11.0 Å². The van der Waals surface area contributed by atoms with Crippen LogP contribution in [0.15, 0.2) is 29.4 Å². The number of amides is 2. The molecular weight excluding hydrogens is 290 g/mol. The molecule has 1 aromatic rings. The van der Waals surface area contributed by atoms with Crippen LogP contribution in [0.5, 0.6) is 0 Å². The number of nitrogens with zero attached hydrogens (tertiary/aromatic N) is 2. The molecule has 21 heavy (non-hydrogen) atoms. The normalized spacial score (nSPS) is 14.7. The van der Waals surface area contributed by atoms with Crippen LogP contribution in [0.1, 0.15) is 32.3 Å². The van der Waals surface area contributed by atoms with Crippen LogP contribution in [0.25, 0.3) is 0 Å². The predicted octanol–water partition coefficient (Wildman–Crippen LogP) is 2.34. The maximum absolute atomic E-state index is 12.5. The molecule has 1 aromatic carbocycles. The second kappa shape index (κ2) is 6.72. The van der Waals surface area contributed by atoms with Crippen LogP contribution in [0.3, 0.4) is 0 Å². The number of benzene rings is 1. The number of hydrogen-bond acceptors (Lipinski definition) is 3. The Balaban J connectivity index is 2.15. The van der Waals surface area contributed by atoms with Crippen molar-refractivity contribution in [3.05, 3.63) is 34.9 Å². The van der Waals surface area contributed by atoms with Crippen molar-refractivity contribution in [3.8, 4) is 0 Å². The van der Waals surface area contributed by atoms with Gasteiger partial charge in [0.25, 0.3) is 5.91 Å². The quantitative estimate of drug-likeness (QED) is 0.928. The fraction of sp³-hybridized carbons (Fsp3) is 0.400. The van der Waals surface area contributed by atoms with Crippen molar-refractivity contribution < 1.29 is 9.59 Å². The molecule has 112 valence electrons. The predicted molar refractivity (Wildman–Crippen MR) is 81.9 cm³/mol. The van der Waals surface area contributed by atoms with Gasteiger partial charge in [-0.1, -0.05) is 23.7 Å². The lowest BCUT2D eigenvalue weighted by Crippen LogP contribution is -2.43. The molecule has 1 aliphatic heterocycles. The van der Waals surface area contributed by atoms with E-state index in [1.807, 2.05) is 32.0 Å². The van der Waals surface area contributed by atoms with Gasteiger partial charge in [0.15, 0.2) is 0 Å². The molecule has 0 bridgehead atoms. The summed E-state index contributed by atoms with van der Waals surface area (Å²) in [7, 11) is 0. The van der Waals surface area contributed by atoms with Gasteiger partial charge in [-0.25, -0.2) is 5.43 Å². The highest BCUT2D eigenvalue weighted by Crippen LogP contribution is 2.15. The molecule has 0 fully saturated rings. The molecule has 6 heteroatoms. The summed E-state index contributed by atoms with van der Waals surface area (Å²) in [5, 5.41) is 4.52. The Morgan fingerprint density at radius 1 is 1.43 bits per heavy atom. The summed E-state index contributed by atoms with van der Waals surface area (Å²) in [6.07, 6.45) is 0.678. The van der Waals surface area contributed by atoms with Gasteiger partial charge in [-0.2, -0.15) is 5.10 Å². The first-order valence-electron chi connectivity index (χ1n) is 6.88. The average molecular weight is 308 g/mol. The first-order chi connectivity index (χ1) is 9.97. The van der Waals surface area contributed by atoms with Crippen molar-refractivity contribution in [1.29, 1.82) is 0 Å². The molecule has 1 N–H and O–H groups in total. The second-order valence-electron chi connectivity index (χ2n) is 5.25. The van der Waals surface area contributed by atoms with Crippen molar-refractivity contribution in [2.45, 2.75) is 39.3 Å². The zero-order valence-electron chi connectivity index (χ0n) is 12.1. The fourth-order valence-electron chi connectivity index (χ4n) is 2.11. The van der Waals surface area contributed by atoms with E-state index < -0.39 is 0 Å². The Hall–Kier alpha value is -1.88. The Labute approximate surface area is 129 Å². The van der Waals surface area contributed by atoms with Crippen molar-refractivity contribution in [1.82, 2.24) is 10.3 Å². The summed E-state index contributed by atoms with van der Waals surface area (Å²) in [5.74, 6) is -0.303. The van der Waals surface area contributed by atoms with Crippen LogP contribution in [0.4, 0.5) is 0 Å². The third-order valence-electron chi connectivity index (χ3n) is 3.28. The summed E-state index contributed by atoms with van der Waals surface area (Å²) in [5.41, 5.74) is 3.72. The van der Waals surface area contributed by atoms with Crippen molar-refractivity contribution in [2.75, 3.05) is 0 Å². The van der Waals surface area contributed by atoms with Gasteiger partial charge in [0.1, 0.15) is 5.71 Å². The highest BCUT2D eigenvalue weighted by atomic mass is 35.5. The van der Waals surface area contributed by atoms with E-state index in [2.05, 4.69) is 10.5 Å². The molecule has 0 spiro atoms. The minimum absolute atomic E-state index is 0.0248. The summed E-state index contributed by atoms with van der Waals surface area (Å²) in [4.78, 5) is 25.4. The van der Waals surface area contributed by atoms with E-state index in [0.717, 1.165) is 5.56 Å². The summed E-state index contributed by atoms with van der Waals surface area (Å²) < 4.78 is 0. The molecule has 0 saturated carbocycles. The zero-order chi connectivity index (χ0) is 15.4. The number of carbonyl (C=O) groups is 2. The molecule has 0 radical (unpaired) electrons. The average Bonchev–Trinajstić information content (AvgIpc) is 2.44. The highest BCUT2D eigenvalue weighted by molar-refractivity contribution is 6.39. The number of hydrazone groups is 1. The van der Waals surface area contributed by atoms with E-state index in [4.69, 9.17) is 11.6 Å². The number of nitrogens with one attached hydrogen (secondary N) is 1. The topological polar surface area (TPSA) is 61.8 Å². The number of halogens is 1. The molecule has 0 aliphatic carbocycles. The highest BCUT2D eigenvalue weighted by Gasteiger charge is 2.25. The lowest BCUT2D eigenvalue weighted by Gasteiger charge is -2.28. The first-order valence-corrected chi connectivity index (χ1v) is 7.26. The summed E-state index contributed by atoms with van der Waals surface area (Å²) in [6.45, 7) is 4.36. The van der Waals surface area contributed by atoms with Gasteiger partial charge in [-0.15, -0.1) is 0 Å². The second-order valence-corrected chi connectivity index (χ2v) is 5.69.